The quantitative estimate of drug-likeness (QED) is 0.435. The molecule has 0 aliphatic rings. The average molecular weight is 143 g/mol. The monoisotopic (exact) mass is 143 g/mol. The van der Waals surface area contributed by atoms with Crippen molar-refractivity contribution in [1.82, 2.24) is 10.2 Å². The largest absolute Gasteiger partial charge is 0.366 e. The van der Waals surface area contributed by atoms with E-state index in [4.69, 9.17) is 5.41 Å². The van der Waals surface area contributed by atoms with E-state index in [2.05, 4.69) is 12.2 Å². The van der Waals surface area contributed by atoms with Crippen LogP contribution >= 0.6 is 0 Å². The molecule has 3 nitrogen and oxygen atoms in total. The third kappa shape index (κ3) is 4.32. The minimum atomic E-state index is 0.544. The number of hydrogen-bond donors (Lipinski definition) is 2. The highest BCUT2D eigenvalue weighted by Gasteiger charge is 1.97. The summed E-state index contributed by atoms with van der Waals surface area (Å²) >= 11 is 0. The molecule has 0 aliphatic heterocycles. The average Bonchev–Trinajstić information content (AvgIpc) is 1.99. The molecule has 0 saturated heterocycles. The van der Waals surface area contributed by atoms with Crippen molar-refractivity contribution in [3.8, 4) is 0 Å². The van der Waals surface area contributed by atoms with Crippen molar-refractivity contribution < 1.29 is 0 Å². The zero-order valence-corrected chi connectivity index (χ0v) is 7.02. The smallest absolute Gasteiger partial charge is 0.0814 e. The lowest BCUT2D eigenvalue weighted by Crippen LogP contribution is -2.27. The number of nitrogens with zero attached hydrogens (tertiary/aromatic N) is 1. The second kappa shape index (κ2) is 5.23. The molecule has 60 valence electrons. The van der Waals surface area contributed by atoms with Crippen molar-refractivity contribution in [3.63, 3.8) is 0 Å². The molecule has 0 aromatic rings. The van der Waals surface area contributed by atoms with Crippen LogP contribution in [0.4, 0.5) is 0 Å². The molecule has 0 saturated carbocycles. The molecule has 0 spiro atoms. The Morgan fingerprint density at radius 3 is 2.70 bits per heavy atom. The van der Waals surface area contributed by atoms with Crippen LogP contribution in [-0.4, -0.2) is 37.9 Å². The molecule has 0 rings (SSSR count). The molecule has 1 unspecified atom stereocenters. The predicted molar refractivity (Wildman–Crippen MR) is 44.6 cm³/mol. The van der Waals surface area contributed by atoms with E-state index in [0.717, 1.165) is 13.0 Å². The van der Waals surface area contributed by atoms with Gasteiger partial charge >= 0.3 is 0 Å². The fourth-order valence-electron chi connectivity index (χ4n) is 0.606. The predicted octanol–water partition coefficient (Wildman–Crippen LogP) is 0.523. The van der Waals surface area contributed by atoms with Crippen LogP contribution in [0.1, 0.15) is 13.3 Å². The first kappa shape index (κ1) is 9.43. The Morgan fingerprint density at radius 2 is 2.30 bits per heavy atom. The van der Waals surface area contributed by atoms with Gasteiger partial charge < -0.3 is 10.2 Å². The van der Waals surface area contributed by atoms with Gasteiger partial charge in [-0.25, -0.2) is 0 Å². The molecule has 2 N–H and O–H groups in total. The molecular weight excluding hydrogens is 126 g/mol. The van der Waals surface area contributed by atoms with E-state index in [0.29, 0.717) is 6.04 Å². The van der Waals surface area contributed by atoms with Gasteiger partial charge in [0.05, 0.1) is 6.34 Å². The van der Waals surface area contributed by atoms with E-state index in [1.165, 1.54) is 6.34 Å². The fourth-order valence-corrected chi connectivity index (χ4v) is 0.606. The van der Waals surface area contributed by atoms with Gasteiger partial charge in [-0.05, 0) is 20.4 Å². The first-order valence-corrected chi connectivity index (χ1v) is 3.58. The second-order valence-electron chi connectivity index (χ2n) is 2.59. The van der Waals surface area contributed by atoms with Crippen LogP contribution in [0.15, 0.2) is 0 Å². The van der Waals surface area contributed by atoms with Crippen LogP contribution < -0.4 is 5.32 Å². The van der Waals surface area contributed by atoms with Crippen molar-refractivity contribution in [2.24, 2.45) is 0 Å². The summed E-state index contributed by atoms with van der Waals surface area (Å²) in [6.45, 7) is 3.09. The van der Waals surface area contributed by atoms with Gasteiger partial charge in [-0.15, -0.1) is 0 Å². The van der Waals surface area contributed by atoms with Gasteiger partial charge in [-0.3, -0.25) is 5.41 Å². The molecule has 0 aromatic carbocycles. The summed E-state index contributed by atoms with van der Waals surface area (Å²) in [4.78, 5) is 1.87. The van der Waals surface area contributed by atoms with E-state index in [9.17, 15) is 0 Å². The lowest BCUT2D eigenvalue weighted by Gasteiger charge is -2.15. The Morgan fingerprint density at radius 1 is 1.70 bits per heavy atom. The Hall–Kier alpha value is -0.570. The van der Waals surface area contributed by atoms with Crippen LogP contribution in [0.2, 0.25) is 0 Å². The normalized spacial score (nSPS) is 12.7. The Balaban J connectivity index is 3.25. The van der Waals surface area contributed by atoms with Crippen LogP contribution in [0.25, 0.3) is 0 Å². The van der Waals surface area contributed by atoms with Crippen LogP contribution in [0, 0.1) is 5.41 Å². The Kier molecular flexibility index (Phi) is 4.94. The topological polar surface area (TPSA) is 39.1 Å². The highest BCUT2D eigenvalue weighted by molar-refractivity contribution is 5.49. The summed E-state index contributed by atoms with van der Waals surface area (Å²) in [6.07, 6.45) is 2.44. The van der Waals surface area contributed by atoms with Crippen LogP contribution in [0.3, 0.4) is 0 Å². The van der Waals surface area contributed by atoms with Crippen molar-refractivity contribution in [2.45, 2.75) is 19.4 Å². The highest BCUT2D eigenvalue weighted by Crippen LogP contribution is 1.89. The van der Waals surface area contributed by atoms with Crippen molar-refractivity contribution >= 4 is 6.34 Å². The summed E-state index contributed by atoms with van der Waals surface area (Å²) < 4.78 is 0. The van der Waals surface area contributed by atoms with Gasteiger partial charge in [0, 0.05) is 19.6 Å². The highest BCUT2D eigenvalue weighted by atomic mass is 15.1. The molecule has 1 atom stereocenters. The molecule has 10 heavy (non-hydrogen) atoms. The van der Waals surface area contributed by atoms with Gasteiger partial charge in [-0.1, -0.05) is 0 Å². The molecule has 0 bridgehead atoms. The molecule has 3 heteroatoms. The Labute approximate surface area is 62.9 Å². The van der Waals surface area contributed by atoms with E-state index in [-0.39, 0.29) is 0 Å². The van der Waals surface area contributed by atoms with Crippen molar-refractivity contribution in [2.75, 3.05) is 20.6 Å². The maximum absolute atomic E-state index is 6.89. The van der Waals surface area contributed by atoms with Crippen LogP contribution in [-0.2, 0) is 0 Å². The summed E-state index contributed by atoms with van der Waals surface area (Å²) in [6, 6.07) is 0.544. The van der Waals surface area contributed by atoms with Gasteiger partial charge in [0.25, 0.3) is 0 Å². The maximum atomic E-state index is 6.89. The van der Waals surface area contributed by atoms with Crippen molar-refractivity contribution in [1.29, 1.82) is 5.41 Å². The standard InChI is InChI=1S/C7H17N3/c1-7(9-2)4-5-10(3)6-8/h6-9H,4-5H2,1-3H3. The summed E-state index contributed by atoms with van der Waals surface area (Å²) in [5, 5.41) is 10.0. The second-order valence-corrected chi connectivity index (χ2v) is 2.59. The lowest BCUT2D eigenvalue weighted by atomic mass is 10.2. The summed E-state index contributed by atoms with van der Waals surface area (Å²) in [5.41, 5.74) is 0. The van der Waals surface area contributed by atoms with Crippen molar-refractivity contribution in [3.05, 3.63) is 0 Å². The minimum absolute atomic E-state index is 0.544. The van der Waals surface area contributed by atoms with E-state index in [1.54, 1.807) is 0 Å². The maximum Gasteiger partial charge on any atom is 0.0814 e. The SMILES string of the molecule is CNC(C)CCN(C)C=N. The third-order valence-electron chi connectivity index (χ3n) is 1.63. The Bertz CT molecular complexity index is 92.9. The third-order valence-corrected chi connectivity index (χ3v) is 1.63. The molecular formula is C7H17N3. The zero-order valence-electron chi connectivity index (χ0n) is 7.02. The lowest BCUT2D eigenvalue weighted by molar-refractivity contribution is 0.446. The number of hydrogen-bond acceptors (Lipinski definition) is 2. The number of nitrogens with one attached hydrogen (secondary N) is 2. The van der Waals surface area contributed by atoms with E-state index >= 15 is 0 Å². The molecule has 0 heterocycles. The summed E-state index contributed by atoms with van der Waals surface area (Å²) in [5.74, 6) is 0. The van der Waals surface area contributed by atoms with Gasteiger partial charge in [0.1, 0.15) is 0 Å². The van der Waals surface area contributed by atoms with E-state index in [1.807, 2.05) is 19.0 Å². The molecule has 0 radical (unpaired) electrons. The fraction of sp³-hybridized carbons (Fsp3) is 0.857. The number of rotatable bonds is 5. The van der Waals surface area contributed by atoms with E-state index < -0.39 is 0 Å². The summed E-state index contributed by atoms with van der Waals surface area (Å²) in [7, 11) is 3.87. The molecule has 0 aliphatic carbocycles. The van der Waals surface area contributed by atoms with Gasteiger partial charge in [-0.2, -0.15) is 0 Å². The van der Waals surface area contributed by atoms with Gasteiger partial charge in [0.2, 0.25) is 0 Å². The van der Waals surface area contributed by atoms with Crippen LogP contribution in [0.5, 0.6) is 0 Å². The minimum Gasteiger partial charge on any atom is -0.366 e. The first-order valence-electron chi connectivity index (χ1n) is 3.58. The zero-order chi connectivity index (χ0) is 7.98. The molecule has 0 fully saturated rings. The van der Waals surface area contributed by atoms with Gasteiger partial charge in [0.15, 0.2) is 0 Å². The molecule has 0 amide bonds. The first-order chi connectivity index (χ1) is 4.70. The molecule has 0 aromatic heterocycles.